The second-order valence-electron chi connectivity index (χ2n) is 7.12. The van der Waals surface area contributed by atoms with Crippen LogP contribution in [0.25, 0.3) is 0 Å². The average molecular weight is 288 g/mol. The summed E-state index contributed by atoms with van der Waals surface area (Å²) in [4.78, 5) is 2.57. The third-order valence-electron chi connectivity index (χ3n) is 5.42. The molecule has 0 heterocycles. The molecule has 0 radical (unpaired) electrons. The molecule has 0 bridgehead atoms. The molecule has 2 rings (SSSR count). The largest absolute Gasteiger partial charge is 0.315 e. The van der Waals surface area contributed by atoms with E-state index in [9.17, 15) is 0 Å². The topological polar surface area (TPSA) is 15.3 Å². The molecular weight excluding hydrogens is 256 g/mol. The normalized spacial score (nSPS) is 26.5. The van der Waals surface area contributed by atoms with Gasteiger partial charge in [0.25, 0.3) is 0 Å². The predicted octanol–water partition coefficient (Wildman–Crippen LogP) is 3.84. The van der Waals surface area contributed by atoms with Crippen molar-refractivity contribution in [1.29, 1.82) is 0 Å². The molecule has 1 aromatic carbocycles. The van der Waals surface area contributed by atoms with Crippen LogP contribution in [-0.4, -0.2) is 31.1 Å². The molecule has 1 aliphatic carbocycles. The highest BCUT2D eigenvalue weighted by Gasteiger charge is 2.33. The molecule has 1 saturated carbocycles. The van der Waals surface area contributed by atoms with Gasteiger partial charge >= 0.3 is 0 Å². The minimum Gasteiger partial charge on any atom is -0.315 e. The summed E-state index contributed by atoms with van der Waals surface area (Å²) in [5.74, 6) is 1.68. The van der Waals surface area contributed by atoms with E-state index in [0.29, 0.717) is 12.1 Å². The molecule has 3 atom stereocenters. The number of benzene rings is 1. The zero-order valence-electron chi connectivity index (χ0n) is 14.4. The van der Waals surface area contributed by atoms with Gasteiger partial charge in [-0.05, 0) is 63.2 Å². The fourth-order valence-electron chi connectivity index (χ4n) is 3.78. The first-order valence-electron chi connectivity index (χ1n) is 8.45. The summed E-state index contributed by atoms with van der Waals surface area (Å²) in [6, 6.07) is 10.1. The summed E-state index contributed by atoms with van der Waals surface area (Å²) in [6.45, 7) is 8.03. The van der Waals surface area contributed by atoms with Crippen LogP contribution in [0.5, 0.6) is 0 Å². The second-order valence-corrected chi connectivity index (χ2v) is 7.12. The smallest absolute Gasteiger partial charge is 0.0252 e. The Morgan fingerprint density at radius 1 is 1.24 bits per heavy atom. The number of hydrogen-bond acceptors (Lipinski definition) is 2. The lowest BCUT2D eigenvalue weighted by atomic mass is 9.76. The minimum absolute atomic E-state index is 0.633. The van der Waals surface area contributed by atoms with E-state index in [1.54, 1.807) is 0 Å². The van der Waals surface area contributed by atoms with E-state index in [1.165, 1.54) is 30.4 Å². The van der Waals surface area contributed by atoms with Crippen LogP contribution in [0.2, 0.25) is 0 Å². The molecule has 2 nitrogen and oxygen atoms in total. The van der Waals surface area contributed by atoms with E-state index in [2.05, 4.69) is 69.3 Å². The summed E-state index contributed by atoms with van der Waals surface area (Å²) >= 11 is 0. The maximum atomic E-state index is 3.55. The van der Waals surface area contributed by atoms with Crippen LogP contribution >= 0.6 is 0 Å². The van der Waals surface area contributed by atoms with Gasteiger partial charge in [0.05, 0.1) is 0 Å². The molecule has 0 aromatic heterocycles. The Bertz CT molecular complexity index is 441. The number of hydrogen-bond donors (Lipinski definition) is 1. The van der Waals surface area contributed by atoms with Crippen LogP contribution in [0.4, 0.5) is 0 Å². The van der Waals surface area contributed by atoms with Crippen LogP contribution in [0.1, 0.15) is 44.2 Å². The Labute approximate surface area is 130 Å². The third-order valence-corrected chi connectivity index (χ3v) is 5.42. The van der Waals surface area contributed by atoms with Gasteiger partial charge in [-0.3, -0.25) is 4.90 Å². The van der Waals surface area contributed by atoms with Crippen molar-refractivity contribution in [3.05, 3.63) is 35.4 Å². The molecule has 0 spiro atoms. The van der Waals surface area contributed by atoms with Crippen molar-refractivity contribution >= 4 is 0 Å². The lowest BCUT2D eigenvalue weighted by molar-refractivity contribution is 0.101. The first kappa shape index (κ1) is 16.5. The number of nitrogens with one attached hydrogen (secondary N) is 1. The third kappa shape index (κ3) is 4.08. The molecule has 1 aliphatic rings. The van der Waals surface area contributed by atoms with Crippen LogP contribution < -0.4 is 5.32 Å². The summed E-state index contributed by atoms with van der Waals surface area (Å²) in [5.41, 5.74) is 2.86. The molecule has 0 aliphatic heterocycles. The summed E-state index contributed by atoms with van der Waals surface area (Å²) in [5, 5.41) is 3.55. The van der Waals surface area contributed by atoms with Crippen molar-refractivity contribution in [2.24, 2.45) is 11.8 Å². The molecule has 1 N–H and O–H groups in total. The highest BCUT2D eigenvalue weighted by molar-refractivity contribution is 5.25. The average Bonchev–Trinajstić information content (AvgIpc) is 2.48. The number of aryl methyl sites for hydroxylation is 1. The standard InChI is InChI=1S/C19H32N2/c1-14(2)16-10-11-18(20-4)19(12-16)21(5)13-17-9-7-6-8-15(17)3/h6-9,14,16,18-20H,10-13H2,1-5H3. The Morgan fingerprint density at radius 3 is 2.57 bits per heavy atom. The molecule has 1 aromatic rings. The maximum absolute atomic E-state index is 3.55. The van der Waals surface area contributed by atoms with E-state index in [1.807, 2.05) is 0 Å². The fourth-order valence-corrected chi connectivity index (χ4v) is 3.78. The van der Waals surface area contributed by atoms with Crippen molar-refractivity contribution in [3.63, 3.8) is 0 Å². The van der Waals surface area contributed by atoms with Gasteiger partial charge in [0.15, 0.2) is 0 Å². The fraction of sp³-hybridized carbons (Fsp3) is 0.684. The van der Waals surface area contributed by atoms with E-state index in [-0.39, 0.29) is 0 Å². The van der Waals surface area contributed by atoms with E-state index in [0.717, 1.165) is 18.4 Å². The summed E-state index contributed by atoms with van der Waals surface area (Å²) in [6.07, 6.45) is 4.01. The van der Waals surface area contributed by atoms with Gasteiger partial charge in [-0.15, -0.1) is 0 Å². The van der Waals surface area contributed by atoms with Crippen molar-refractivity contribution in [2.75, 3.05) is 14.1 Å². The van der Waals surface area contributed by atoms with Gasteiger partial charge in [0.1, 0.15) is 0 Å². The SMILES string of the molecule is CNC1CCC(C(C)C)CC1N(C)Cc1ccccc1C. The monoisotopic (exact) mass is 288 g/mol. The van der Waals surface area contributed by atoms with Gasteiger partial charge in [0, 0.05) is 18.6 Å². The Kier molecular flexibility index (Phi) is 5.83. The van der Waals surface area contributed by atoms with Gasteiger partial charge in [-0.1, -0.05) is 38.1 Å². The summed E-state index contributed by atoms with van der Waals surface area (Å²) in [7, 11) is 4.42. The highest BCUT2D eigenvalue weighted by atomic mass is 15.2. The predicted molar refractivity (Wildman–Crippen MR) is 91.5 cm³/mol. The Balaban J connectivity index is 2.07. The Morgan fingerprint density at radius 2 is 1.95 bits per heavy atom. The van der Waals surface area contributed by atoms with E-state index >= 15 is 0 Å². The lowest BCUT2D eigenvalue weighted by Gasteiger charge is -2.42. The molecule has 0 amide bonds. The minimum atomic E-state index is 0.633. The molecule has 21 heavy (non-hydrogen) atoms. The van der Waals surface area contributed by atoms with E-state index in [4.69, 9.17) is 0 Å². The number of nitrogens with zero attached hydrogens (tertiary/aromatic N) is 1. The first-order chi connectivity index (χ1) is 10.0. The van der Waals surface area contributed by atoms with Crippen LogP contribution in [0.15, 0.2) is 24.3 Å². The van der Waals surface area contributed by atoms with Gasteiger partial charge in [-0.25, -0.2) is 0 Å². The van der Waals surface area contributed by atoms with Crippen LogP contribution in [0, 0.1) is 18.8 Å². The zero-order valence-corrected chi connectivity index (χ0v) is 14.4. The maximum Gasteiger partial charge on any atom is 0.0252 e. The van der Waals surface area contributed by atoms with Gasteiger partial charge in [0.2, 0.25) is 0 Å². The van der Waals surface area contributed by atoms with Crippen molar-refractivity contribution in [1.82, 2.24) is 10.2 Å². The molecule has 118 valence electrons. The van der Waals surface area contributed by atoms with Crippen molar-refractivity contribution in [3.8, 4) is 0 Å². The number of likely N-dealkylation sites (N-methyl/N-ethyl adjacent to an activating group) is 2. The van der Waals surface area contributed by atoms with Gasteiger partial charge < -0.3 is 5.32 Å². The second kappa shape index (κ2) is 7.42. The zero-order chi connectivity index (χ0) is 15.4. The van der Waals surface area contributed by atoms with Gasteiger partial charge in [-0.2, -0.15) is 0 Å². The quantitative estimate of drug-likeness (QED) is 0.885. The summed E-state index contributed by atoms with van der Waals surface area (Å²) < 4.78 is 0. The molecule has 3 unspecified atom stereocenters. The lowest BCUT2D eigenvalue weighted by Crippen LogP contribution is -2.51. The molecule has 1 fully saturated rings. The Hall–Kier alpha value is -0.860. The van der Waals surface area contributed by atoms with Crippen LogP contribution in [-0.2, 0) is 6.54 Å². The molecule has 0 saturated heterocycles. The van der Waals surface area contributed by atoms with Crippen molar-refractivity contribution in [2.45, 2.75) is 58.7 Å². The highest BCUT2D eigenvalue weighted by Crippen LogP contribution is 2.33. The molecular formula is C19H32N2. The first-order valence-corrected chi connectivity index (χ1v) is 8.45. The molecule has 2 heteroatoms. The van der Waals surface area contributed by atoms with Crippen LogP contribution in [0.3, 0.4) is 0 Å². The van der Waals surface area contributed by atoms with E-state index < -0.39 is 0 Å². The number of rotatable bonds is 5. The van der Waals surface area contributed by atoms with Crippen molar-refractivity contribution < 1.29 is 0 Å².